The van der Waals surface area contributed by atoms with E-state index in [9.17, 15) is 9.59 Å². The van der Waals surface area contributed by atoms with Gasteiger partial charge in [-0.05, 0) is 42.9 Å². The molecule has 1 fully saturated rings. The molecule has 2 heterocycles. The topological polar surface area (TPSA) is 87.5 Å². The summed E-state index contributed by atoms with van der Waals surface area (Å²) in [5, 5.41) is 5.45. The summed E-state index contributed by atoms with van der Waals surface area (Å²) >= 11 is 0. The van der Waals surface area contributed by atoms with Gasteiger partial charge in [-0.2, -0.15) is 4.98 Å². The number of rotatable bonds is 6. The van der Waals surface area contributed by atoms with E-state index < -0.39 is 11.8 Å². The lowest BCUT2D eigenvalue weighted by Gasteiger charge is -2.30. The number of piperidine rings is 1. The molecule has 3 aromatic rings. The second-order valence-electron chi connectivity index (χ2n) is 7.60. The number of carbonyl (C=O) groups excluding carboxylic acids is 2. The Hall–Kier alpha value is -3.35. The summed E-state index contributed by atoms with van der Waals surface area (Å²) in [7, 11) is 0. The molecule has 0 bridgehead atoms. The molecule has 1 aliphatic rings. The van der Waals surface area contributed by atoms with Gasteiger partial charge in [0.1, 0.15) is 5.52 Å². The summed E-state index contributed by atoms with van der Waals surface area (Å²) in [6.07, 6.45) is 2.53. The van der Waals surface area contributed by atoms with E-state index in [2.05, 4.69) is 20.5 Å². The number of hydrogen-bond acceptors (Lipinski definition) is 5. The van der Waals surface area contributed by atoms with Gasteiger partial charge in [-0.15, -0.1) is 0 Å². The Balaban J connectivity index is 1.17. The summed E-state index contributed by atoms with van der Waals surface area (Å²) in [5.41, 5.74) is 2.78. The first-order valence-electron chi connectivity index (χ1n) is 10.4. The first kappa shape index (κ1) is 19.9. The highest BCUT2D eigenvalue weighted by molar-refractivity contribution is 6.35. The maximum absolute atomic E-state index is 12.1. The van der Waals surface area contributed by atoms with Crippen molar-refractivity contribution >= 4 is 28.9 Å². The van der Waals surface area contributed by atoms with Gasteiger partial charge in [0.15, 0.2) is 5.58 Å². The van der Waals surface area contributed by atoms with Crippen LogP contribution in [0.25, 0.3) is 11.1 Å². The highest BCUT2D eigenvalue weighted by atomic mass is 16.4. The van der Waals surface area contributed by atoms with Crippen LogP contribution in [0.4, 0.5) is 6.01 Å². The van der Waals surface area contributed by atoms with Crippen molar-refractivity contribution in [1.29, 1.82) is 0 Å². The van der Waals surface area contributed by atoms with Gasteiger partial charge in [0.05, 0.1) is 0 Å². The number of aromatic nitrogens is 1. The van der Waals surface area contributed by atoms with Gasteiger partial charge in [-0.3, -0.25) is 9.59 Å². The molecule has 0 saturated carbocycles. The summed E-state index contributed by atoms with van der Waals surface area (Å²) in [4.78, 5) is 30.7. The Bertz CT molecular complexity index is 961. The molecule has 4 rings (SSSR count). The second kappa shape index (κ2) is 9.43. The van der Waals surface area contributed by atoms with Gasteiger partial charge in [0.25, 0.3) is 6.01 Å². The fourth-order valence-corrected chi connectivity index (χ4v) is 3.69. The van der Waals surface area contributed by atoms with Gasteiger partial charge in [0.2, 0.25) is 0 Å². The third-order valence-corrected chi connectivity index (χ3v) is 5.47. The molecule has 7 nitrogen and oxygen atoms in total. The van der Waals surface area contributed by atoms with Gasteiger partial charge in [-0.25, -0.2) is 0 Å². The predicted molar refractivity (Wildman–Crippen MR) is 115 cm³/mol. The Labute approximate surface area is 175 Å². The number of anilines is 1. The number of oxazole rings is 1. The van der Waals surface area contributed by atoms with Crippen LogP contribution in [0.2, 0.25) is 0 Å². The van der Waals surface area contributed by atoms with Crippen LogP contribution in [0.3, 0.4) is 0 Å². The van der Waals surface area contributed by atoms with Crippen LogP contribution < -0.4 is 15.5 Å². The van der Waals surface area contributed by atoms with Crippen molar-refractivity contribution < 1.29 is 14.0 Å². The monoisotopic (exact) mass is 406 g/mol. The number of fused-ring (bicyclic) bond motifs is 1. The Kier molecular flexibility index (Phi) is 6.27. The smallest absolute Gasteiger partial charge is 0.309 e. The van der Waals surface area contributed by atoms with Crippen molar-refractivity contribution in [3.8, 4) is 0 Å². The zero-order valence-electron chi connectivity index (χ0n) is 16.8. The summed E-state index contributed by atoms with van der Waals surface area (Å²) in [5.74, 6) is -0.800. The lowest BCUT2D eigenvalue weighted by Crippen LogP contribution is -2.44. The minimum Gasteiger partial charge on any atom is -0.423 e. The number of hydrogen-bond donors (Lipinski definition) is 2. The highest BCUT2D eigenvalue weighted by Gasteiger charge is 2.24. The number of carbonyl (C=O) groups is 2. The van der Waals surface area contributed by atoms with Crippen molar-refractivity contribution in [3.05, 3.63) is 60.2 Å². The van der Waals surface area contributed by atoms with Gasteiger partial charge < -0.3 is 20.0 Å². The molecule has 0 aliphatic carbocycles. The summed E-state index contributed by atoms with van der Waals surface area (Å²) < 4.78 is 5.83. The third-order valence-electron chi connectivity index (χ3n) is 5.47. The maximum Gasteiger partial charge on any atom is 0.309 e. The van der Waals surface area contributed by atoms with Crippen molar-refractivity contribution in [2.24, 2.45) is 5.92 Å². The molecule has 7 heteroatoms. The van der Waals surface area contributed by atoms with Crippen LogP contribution in [0.1, 0.15) is 18.4 Å². The number of nitrogens with one attached hydrogen (secondary N) is 2. The molecular weight excluding hydrogens is 380 g/mol. The Morgan fingerprint density at radius 3 is 2.43 bits per heavy atom. The van der Waals surface area contributed by atoms with Gasteiger partial charge >= 0.3 is 11.8 Å². The largest absolute Gasteiger partial charge is 0.423 e. The number of amides is 2. The molecule has 156 valence electrons. The molecule has 0 radical (unpaired) electrons. The van der Waals surface area contributed by atoms with Crippen LogP contribution in [-0.4, -0.2) is 43.0 Å². The quantitative estimate of drug-likeness (QED) is 0.614. The minimum absolute atomic E-state index is 0.340. The molecule has 2 N–H and O–H groups in total. The van der Waals surface area contributed by atoms with E-state index in [1.807, 2.05) is 54.6 Å². The normalized spacial score (nSPS) is 14.6. The number of para-hydroxylation sites is 2. The lowest BCUT2D eigenvalue weighted by molar-refractivity contribution is -0.139. The number of benzene rings is 2. The molecule has 0 atom stereocenters. The van der Waals surface area contributed by atoms with Crippen molar-refractivity contribution in [2.75, 3.05) is 31.1 Å². The molecule has 1 aromatic heterocycles. The third kappa shape index (κ3) is 4.97. The summed E-state index contributed by atoms with van der Waals surface area (Å²) in [6, 6.07) is 18.3. The average molecular weight is 406 g/mol. The zero-order chi connectivity index (χ0) is 20.8. The van der Waals surface area contributed by atoms with E-state index in [1.165, 1.54) is 0 Å². The van der Waals surface area contributed by atoms with Gasteiger partial charge in [-0.1, -0.05) is 42.5 Å². The second-order valence-corrected chi connectivity index (χ2v) is 7.60. The van der Waals surface area contributed by atoms with Gasteiger partial charge in [0, 0.05) is 26.2 Å². The van der Waals surface area contributed by atoms with Crippen LogP contribution in [0.15, 0.2) is 59.0 Å². The van der Waals surface area contributed by atoms with Crippen molar-refractivity contribution in [2.45, 2.75) is 19.3 Å². The molecule has 2 aromatic carbocycles. The van der Waals surface area contributed by atoms with Crippen LogP contribution in [0, 0.1) is 5.92 Å². The first-order chi connectivity index (χ1) is 14.7. The SMILES string of the molecule is O=C(NCCc1ccccc1)C(=O)NCC1CCN(c2nc3ccccc3o2)CC1. The maximum atomic E-state index is 12.1. The van der Waals surface area contributed by atoms with E-state index in [-0.39, 0.29) is 0 Å². The van der Waals surface area contributed by atoms with E-state index in [0.717, 1.165) is 42.6 Å². The van der Waals surface area contributed by atoms with E-state index in [4.69, 9.17) is 4.42 Å². The van der Waals surface area contributed by atoms with E-state index >= 15 is 0 Å². The summed E-state index contributed by atoms with van der Waals surface area (Å²) in [6.45, 7) is 2.58. The molecular formula is C23H26N4O3. The predicted octanol–water partition coefficient (Wildman–Crippen LogP) is 2.52. The number of nitrogens with zero attached hydrogens (tertiary/aromatic N) is 2. The van der Waals surface area contributed by atoms with Crippen molar-refractivity contribution in [3.63, 3.8) is 0 Å². The Morgan fingerprint density at radius 2 is 1.67 bits per heavy atom. The standard InChI is InChI=1S/C23H26N4O3/c28-21(24-13-10-17-6-2-1-3-7-17)22(29)25-16-18-11-14-27(15-12-18)23-26-19-8-4-5-9-20(19)30-23/h1-9,18H,10-16H2,(H,24,28)(H,25,29). The molecule has 0 unspecified atom stereocenters. The molecule has 1 saturated heterocycles. The van der Waals surface area contributed by atoms with Crippen LogP contribution in [0.5, 0.6) is 0 Å². The molecule has 0 spiro atoms. The fourth-order valence-electron chi connectivity index (χ4n) is 3.69. The Morgan fingerprint density at radius 1 is 0.967 bits per heavy atom. The molecule has 30 heavy (non-hydrogen) atoms. The first-order valence-corrected chi connectivity index (χ1v) is 10.4. The average Bonchev–Trinajstić information content (AvgIpc) is 3.23. The minimum atomic E-state index is -0.574. The highest BCUT2D eigenvalue weighted by Crippen LogP contribution is 2.26. The lowest BCUT2D eigenvalue weighted by atomic mass is 9.97. The zero-order valence-corrected chi connectivity index (χ0v) is 16.8. The molecule has 1 aliphatic heterocycles. The van der Waals surface area contributed by atoms with Crippen molar-refractivity contribution in [1.82, 2.24) is 15.6 Å². The fraction of sp³-hybridized carbons (Fsp3) is 0.348. The van der Waals surface area contributed by atoms with E-state index in [1.54, 1.807) is 0 Å². The van der Waals surface area contributed by atoms with Crippen LogP contribution in [-0.2, 0) is 16.0 Å². The molecule has 2 amide bonds. The van der Waals surface area contributed by atoms with Crippen LogP contribution >= 0.6 is 0 Å². The van der Waals surface area contributed by atoms with E-state index in [0.29, 0.717) is 31.4 Å².